The van der Waals surface area contributed by atoms with Gasteiger partial charge in [-0.25, -0.2) is 4.98 Å². The first-order chi connectivity index (χ1) is 18.3. The Morgan fingerprint density at radius 2 is 1.84 bits per heavy atom. The van der Waals surface area contributed by atoms with Gasteiger partial charge in [0.25, 0.3) is 0 Å². The molecule has 2 atom stereocenters. The molecule has 4 heterocycles. The molecule has 5 rings (SSSR count). The zero-order valence-electron chi connectivity index (χ0n) is 21.1. The molecule has 0 unspecified atom stereocenters. The van der Waals surface area contributed by atoms with Gasteiger partial charge < -0.3 is 19.9 Å². The lowest BCUT2D eigenvalue weighted by molar-refractivity contribution is -0.183. The van der Waals surface area contributed by atoms with E-state index in [4.69, 9.17) is 24.9 Å². The smallest absolute Gasteiger partial charge is 0.408 e. The summed E-state index contributed by atoms with van der Waals surface area (Å²) in [7, 11) is 3.16. The number of halogens is 3. The van der Waals surface area contributed by atoms with Crippen LogP contribution < -0.4 is 10.5 Å². The molecule has 38 heavy (non-hydrogen) atoms. The lowest BCUT2D eigenvalue weighted by Crippen LogP contribution is -2.38. The molecule has 9 nitrogen and oxygen atoms in total. The predicted molar refractivity (Wildman–Crippen MR) is 135 cm³/mol. The van der Waals surface area contributed by atoms with E-state index in [-0.39, 0.29) is 30.8 Å². The fourth-order valence-corrected chi connectivity index (χ4v) is 4.91. The molecule has 0 aliphatic carbocycles. The number of pyridine rings is 2. The van der Waals surface area contributed by atoms with Gasteiger partial charge in [0.15, 0.2) is 11.5 Å². The number of fused-ring (bicyclic) bond motifs is 2. The Bertz CT molecular complexity index is 1410. The maximum absolute atomic E-state index is 14.2. The first-order valence-corrected chi connectivity index (χ1v) is 12.2. The molecule has 0 amide bonds. The Labute approximate surface area is 217 Å². The number of nitrogens with two attached hydrogens (primary N) is 1. The monoisotopic (exact) mass is 530 g/mol. The molecule has 1 aliphatic heterocycles. The first kappa shape index (κ1) is 26.3. The van der Waals surface area contributed by atoms with Crippen molar-refractivity contribution in [3.8, 4) is 17.3 Å². The van der Waals surface area contributed by atoms with Crippen LogP contribution in [0.15, 0.2) is 48.7 Å². The number of benzene rings is 1. The number of likely N-dealkylation sites (tertiary alicyclic amines) is 1. The van der Waals surface area contributed by atoms with Gasteiger partial charge in [-0.2, -0.15) is 13.2 Å². The summed E-state index contributed by atoms with van der Waals surface area (Å²) < 4.78 is 60.7. The normalized spacial score (nSPS) is 17.6. The van der Waals surface area contributed by atoms with Gasteiger partial charge >= 0.3 is 6.18 Å². The third-order valence-corrected chi connectivity index (χ3v) is 6.58. The Morgan fingerprint density at radius 3 is 2.53 bits per heavy atom. The van der Waals surface area contributed by atoms with Crippen molar-refractivity contribution in [1.82, 2.24) is 24.5 Å². The van der Waals surface area contributed by atoms with Gasteiger partial charge in [-0.3, -0.25) is 9.30 Å². The molecule has 4 aromatic rings. The highest BCUT2D eigenvalue weighted by Gasteiger charge is 2.46. The van der Waals surface area contributed by atoms with Crippen molar-refractivity contribution >= 4 is 16.6 Å². The molecule has 1 aromatic carbocycles. The molecule has 2 N–H and O–H groups in total. The quantitative estimate of drug-likeness (QED) is 0.350. The van der Waals surface area contributed by atoms with Gasteiger partial charge in [0, 0.05) is 44.9 Å². The summed E-state index contributed by atoms with van der Waals surface area (Å²) >= 11 is 0. The predicted octanol–water partition coefficient (Wildman–Crippen LogP) is 3.62. The van der Waals surface area contributed by atoms with Crippen LogP contribution in [0.4, 0.5) is 13.2 Å². The van der Waals surface area contributed by atoms with Crippen molar-refractivity contribution in [3.63, 3.8) is 0 Å². The fourth-order valence-electron chi connectivity index (χ4n) is 4.91. The van der Waals surface area contributed by atoms with Crippen LogP contribution in [0, 0.1) is 0 Å². The van der Waals surface area contributed by atoms with Crippen LogP contribution in [-0.4, -0.2) is 83.3 Å². The van der Waals surface area contributed by atoms with Crippen molar-refractivity contribution in [2.75, 3.05) is 40.5 Å². The van der Waals surface area contributed by atoms with Crippen LogP contribution in [0.25, 0.3) is 28.1 Å². The van der Waals surface area contributed by atoms with Gasteiger partial charge in [0.1, 0.15) is 29.1 Å². The molecule has 202 valence electrons. The highest BCUT2D eigenvalue weighted by molar-refractivity contribution is 5.86. The number of aromatic nitrogens is 4. The summed E-state index contributed by atoms with van der Waals surface area (Å²) in [6, 6.07) is 10.1. The van der Waals surface area contributed by atoms with Gasteiger partial charge in [-0.05, 0) is 30.2 Å². The van der Waals surface area contributed by atoms with Crippen LogP contribution in [0.3, 0.4) is 0 Å². The van der Waals surface area contributed by atoms with E-state index in [1.165, 1.54) is 23.2 Å². The maximum Gasteiger partial charge on any atom is 0.408 e. The van der Waals surface area contributed by atoms with Crippen LogP contribution >= 0.6 is 0 Å². The average Bonchev–Trinajstić information content (AvgIpc) is 3.49. The van der Waals surface area contributed by atoms with Crippen molar-refractivity contribution < 1.29 is 27.4 Å². The molecule has 0 bridgehead atoms. The Balaban J connectivity index is 1.55. The molecule has 1 aliphatic rings. The number of rotatable bonds is 9. The van der Waals surface area contributed by atoms with Crippen LogP contribution in [0.2, 0.25) is 0 Å². The number of hydrogen-bond acceptors (Lipinski definition) is 8. The third-order valence-electron chi connectivity index (χ3n) is 6.58. The standard InChI is InChI=1S/C26H29F3N6O3/c1-36-14-19(15-37-2)38-21-5-3-4-16-6-8-20(31-23(16)21)25-33-32-22-9-7-17(12-35(22)25)24(26(27,28)29)34-11-10-18(30)13-34/h3-9,12,18-19,24H,10-11,13-15,30H2,1-2H3/t18-,24+/m0/s1. The molecule has 1 saturated heterocycles. The summed E-state index contributed by atoms with van der Waals surface area (Å²) in [6.07, 6.45) is -2.86. The third kappa shape index (κ3) is 5.30. The van der Waals surface area contributed by atoms with Gasteiger partial charge in [0.2, 0.25) is 0 Å². The lowest BCUT2D eigenvalue weighted by Gasteiger charge is -2.30. The molecule has 0 saturated carbocycles. The highest BCUT2D eigenvalue weighted by Crippen LogP contribution is 2.39. The molecule has 0 spiro atoms. The number of para-hydroxylation sites is 1. The molecular formula is C26H29F3N6O3. The number of methoxy groups -OCH3 is 2. The SMILES string of the molecule is COCC(COC)Oc1cccc2ccc(-c3nnc4ccc([C@@H](N5CC[C@H](N)C5)C(F)(F)F)cn34)nc12. The number of nitrogens with zero attached hydrogens (tertiary/aromatic N) is 5. The maximum atomic E-state index is 14.2. The second-order valence-electron chi connectivity index (χ2n) is 9.38. The fraction of sp³-hybridized carbons (Fsp3) is 0.423. The summed E-state index contributed by atoms with van der Waals surface area (Å²) in [4.78, 5) is 6.15. The first-order valence-electron chi connectivity index (χ1n) is 12.2. The van der Waals surface area contributed by atoms with Gasteiger partial charge in [-0.1, -0.05) is 24.3 Å². The van der Waals surface area contributed by atoms with E-state index in [1.807, 2.05) is 18.2 Å². The summed E-state index contributed by atoms with van der Waals surface area (Å²) in [6.45, 7) is 1.10. The Morgan fingerprint density at radius 1 is 1.05 bits per heavy atom. The topological polar surface area (TPSA) is 100 Å². The van der Waals surface area contributed by atoms with E-state index < -0.39 is 12.2 Å². The molecular weight excluding hydrogens is 501 g/mol. The second kappa shape index (κ2) is 10.8. The van der Waals surface area contributed by atoms with E-state index in [0.29, 0.717) is 48.1 Å². The van der Waals surface area contributed by atoms with E-state index in [0.717, 1.165) is 5.39 Å². The summed E-state index contributed by atoms with van der Waals surface area (Å²) in [5.74, 6) is 0.850. The molecule has 0 radical (unpaired) electrons. The lowest BCUT2D eigenvalue weighted by atomic mass is 10.1. The highest BCUT2D eigenvalue weighted by atomic mass is 19.4. The van der Waals surface area contributed by atoms with E-state index in [2.05, 4.69) is 10.2 Å². The summed E-state index contributed by atoms with van der Waals surface area (Å²) in [5, 5.41) is 9.24. The van der Waals surface area contributed by atoms with Gasteiger partial charge in [0.05, 0.1) is 13.2 Å². The minimum Gasteiger partial charge on any atom is -0.483 e. The van der Waals surface area contributed by atoms with Crippen molar-refractivity contribution in [3.05, 3.63) is 54.2 Å². The Kier molecular flexibility index (Phi) is 7.48. The minimum absolute atomic E-state index is 0.0898. The minimum atomic E-state index is -4.47. The zero-order chi connectivity index (χ0) is 26.9. The zero-order valence-corrected chi connectivity index (χ0v) is 21.1. The number of alkyl halides is 3. The van der Waals surface area contributed by atoms with Crippen LogP contribution in [0.1, 0.15) is 18.0 Å². The van der Waals surface area contributed by atoms with Crippen molar-refractivity contribution in [2.45, 2.75) is 30.8 Å². The number of hydrogen-bond donors (Lipinski definition) is 1. The van der Waals surface area contributed by atoms with Gasteiger partial charge in [-0.15, -0.1) is 10.2 Å². The van der Waals surface area contributed by atoms with Crippen LogP contribution in [-0.2, 0) is 9.47 Å². The van der Waals surface area contributed by atoms with Crippen LogP contribution in [0.5, 0.6) is 5.75 Å². The molecule has 3 aromatic heterocycles. The summed E-state index contributed by atoms with van der Waals surface area (Å²) in [5.41, 5.74) is 7.44. The van der Waals surface area contributed by atoms with E-state index in [9.17, 15) is 13.2 Å². The van der Waals surface area contributed by atoms with E-state index in [1.54, 1.807) is 30.8 Å². The van der Waals surface area contributed by atoms with E-state index >= 15 is 0 Å². The van der Waals surface area contributed by atoms with Crippen molar-refractivity contribution in [1.29, 1.82) is 0 Å². The second-order valence-corrected chi connectivity index (χ2v) is 9.38. The van der Waals surface area contributed by atoms with Crippen molar-refractivity contribution in [2.24, 2.45) is 5.73 Å². The number of ether oxygens (including phenoxy) is 3. The molecule has 12 heteroatoms. The average molecular weight is 531 g/mol. The largest absolute Gasteiger partial charge is 0.483 e. The molecule has 1 fully saturated rings. The Hall–Kier alpha value is -3.32.